The Kier molecular flexibility index (Phi) is 20.2. The van der Waals surface area contributed by atoms with Crippen LogP contribution in [0.3, 0.4) is 0 Å². The fourth-order valence-corrected chi connectivity index (χ4v) is 14.1. The van der Waals surface area contributed by atoms with Gasteiger partial charge < -0.3 is 74.1 Å². The number of Topliss-reactive ketones (excluding diaryl/α,β-unsaturated/α-hetero) is 2. The van der Waals surface area contributed by atoms with Crippen molar-refractivity contribution in [2.24, 2.45) is 34.6 Å². The number of methoxy groups -OCH3 is 1. The van der Waals surface area contributed by atoms with E-state index in [1.165, 1.54) is 88.5 Å². The number of fused-ring (bicyclic) bond motifs is 3. The summed E-state index contributed by atoms with van der Waals surface area (Å²) in [4.78, 5) is 132. The van der Waals surface area contributed by atoms with Gasteiger partial charge in [-0.1, -0.05) is 71.9 Å². The Morgan fingerprint density at radius 3 is 2.13 bits per heavy atom. The van der Waals surface area contributed by atoms with E-state index in [9.17, 15) is 58.4 Å². The molecule has 27 heteroatoms. The summed E-state index contributed by atoms with van der Waals surface area (Å²) >= 11 is 0. The Morgan fingerprint density at radius 2 is 1.54 bits per heavy atom. The number of nitrogens with zero attached hydrogens (tertiary/aromatic N) is 3. The van der Waals surface area contributed by atoms with Gasteiger partial charge >= 0.3 is 33.0 Å². The average molecular weight is 1230 g/mol. The van der Waals surface area contributed by atoms with Gasteiger partial charge in [-0.2, -0.15) is 0 Å². The molecule has 2 aromatic rings. The highest BCUT2D eigenvalue weighted by Gasteiger charge is 2.58. The van der Waals surface area contributed by atoms with Crippen molar-refractivity contribution in [2.45, 2.75) is 143 Å². The Morgan fingerprint density at radius 1 is 0.906 bits per heavy atom. The first-order valence-corrected chi connectivity index (χ1v) is 31.3. The van der Waals surface area contributed by atoms with Gasteiger partial charge in [0.05, 0.1) is 41.4 Å². The molecule has 0 radical (unpaired) electrons. The van der Waals surface area contributed by atoms with E-state index in [0.29, 0.717) is 25.2 Å². The molecular formula is C58H77N5O20P2. The second kappa shape index (κ2) is 25.9. The summed E-state index contributed by atoms with van der Waals surface area (Å²) in [5.41, 5.74) is -2.65. The summed E-state index contributed by atoms with van der Waals surface area (Å²) in [7, 11) is -9.13. The van der Waals surface area contributed by atoms with E-state index < -0.39 is 152 Å². The Labute approximate surface area is 492 Å². The molecule has 1 fully saturated rings. The van der Waals surface area contributed by atoms with Crippen LogP contribution in [0.25, 0.3) is 0 Å². The van der Waals surface area contributed by atoms with Crippen LogP contribution in [-0.2, 0) is 49.1 Å². The predicted molar refractivity (Wildman–Crippen MR) is 308 cm³/mol. The van der Waals surface area contributed by atoms with Gasteiger partial charge in [-0.25, -0.2) is 9.69 Å². The molecule has 0 unspecified atom stereocenters. The zero-order valence-corrected chi connectivity index (χ0v) is 51.1. The summed E-state index contributed by atoms with van der Waals surface area (Å²) in [6.45, 7) is 17.4. The molecule has 5 aliphatic rings. The number of phenols is 1. The summed E-state index contributed by atoms with van der Waals surface area (Å²) in [5, 5.41) is 38.3. The fraction of sp³-hybridized carbons (Fsp3) is 0.534. The van der Waals surface area contributed by atoms with E-state index in [0.717, 1.165) is 0 Å². The maximum Gasteiger partial charge on any atom is 0.416 e. The zero-order chi connectivity index (χ0) is 63.0. The van der Waals surface area contributed by atoms with Crippen molar-refractivity contribution in [1.82, 2.24) is 15.1 Å². The molecule has 5 bridgehead atoms. The number of carbonyl (C=O) groups excluding carboxylic acids is 6. The Bertz CT molecular complexity index is 3210. The highest BCUT2D eigenvalue weighted by Crippen LogP contribution is 2.61. The smallest absolute Gasteiger partial charge is 0.416 e. The standard InChI is InChI=1S/C58H77N5O20P2/c1-29(2)27-62-24-22-58(23-25-62)61-45-42-43-50(68)35(8)53-44(42)54(70)57(10,83-53)81-26-21-39(79-11)32(5)52(82-36(9)64)34(7)49(67)33(6)48(66)30(3)13-12-14-31(4)55(71)60-46(51(43)69)47(45)63(58)56(72)80-28-37-15-17-38(18-16-37)59-40(65)19-20-41(84(73,74)75)85(76,77)78/h12-18,21,26,29-30,32-34,39,41,48-49,52,66-68H,19-20,22-25,27-28H2,1-11H3,(H,59,65)(H,60,71)(H2,73,74,75)(H2,76,77,78)/b13-12+,26-21+,31-14-/t30-,32+,33+,34+,39-,48-,49+,52+,57-/m0/s1. The molecule has 2 aromatic carbocycles. The first kappa shape index (κ1) is 66.2. The second-order valence-corrected chi connectivity index (χ2v) is 27.2. The third-order valence-corrected chi connectivity index (χ3v) is 20.3. The van der Waals surface area contributed by atoms with E-state index in [-0.39, 0.29) is 63.9 Å². The van der Waals surface area contributed by atoms with Crippen LogP contribution in [-0.4, -0.2) is 154 Å². The lowest BCUT2D eigenvalue weighted by Crippen LogP contribution is -2.55. The van der Waals surface area contributed by atoms with Crippen molar-refractivity contribution in [2.75, 3.05) is 32.1 Å². The SMILES string of the molecule is CO[C@H]1/C=C/O[C@@]2(C)Oc3c(C)c(O)c4c(c3C2=O)C2=NC3(CCN(CC(C)C)CC3)N(C(=O)OCc3ccc(NC(=O)CCC(P(=O)(O)O)P(=O)(O)O)cc3)C2=C(NC(=O)/C(C)=C\C=C\[C@H](C)[C@H](O)[C@@H](C)[C@@H](O)[C@@H](C)[C@H](OC(C)=O)[C@@H]1C)C4=O. The van der Waals surface area contributed by atoms with Crippen LogP contribution in [0.4, 0.5) is 10.5 Å². The molecular weight excluding hydrogens is 1150 g/mol. The number of phenolic OH excluding ortho intramolecular Hbond substituents is 1. The van der Waals surface area contributed by atoms with Crippen LogP contribution >= 0.6 is 15.2 Å². The number of hydrogen-bond acceptors (Lipinski definition) is 18. The fourth-order valence-electron chi connectivity index (χ4n) is 11.6. The highest BCUT2D eigenvalue weighted by molar-refractivity contribution is 7.70. The molecule has 1 saturated heterocycles. The number of nitrogens with one attached hydrogen (secondary N) is 2. The molecule has 7 rings (SSSR count). The number of benzene rings is 2. The van der Waals surface area contributed by atoms with Gasteiger partial charge in [0.25, 0.3) is 11.7 Å². The van der Waals surface area contributed by atoms with E-state index in [2.05, 4.69) is 29.4 Å². The number of aromatic hydroxyl groups is 1. The number of likely N-dealkylation sites (tertiary alicyclic amines) is 1. The lowest BCUT2D eigenvalue weighted by Gasteiger charge is -2.43. The number of hydrogen-bond donors (Lipinski definition) is 9. The van der Waals surface area contributed by atoms with Crippen LogP contribution < -0.4 is 15.4 Å². The number of piperidine rings is 1. The van der Waals surface area contributed by atoms with Gasteiger partial charge in [-0.15, -0.1) is 0 Å². The molecule has 0 aromatic heterocycles. The molecule has 1 spiro atoms. The Balaban J connectivity index is 1.33. The number of carbonyl (C=O) groups is 6. The highest BCUT2D eigenvalue weighted by atomic mass is 31.2. The third-order valence-electron chi connectivity index (χ3n) is 16.4. The van der Waals surface area contributed by atoms with Gasteiger partial charge in [-0.3, -0.25) is 38.1 Å². The number of aliphatic hydroxyl groups excluding tert-OH is 2. The Hall–Kier alpha value is -6.37. The largest absolute Gasteiger partial charge is 0.507 e. The number of aliphatic imine (C=N–C) groups is 1. The normalized spacial score (nSPS) is 28.0. The predicted octanol–water partition coefficient (Wildman–Crippen LogP) is 6.07. The van der Waals surface area contributed by atoms with Crippen LogP contribution in [0.1, 0.15) is 125 Å². The van der Waals surface area contributed by atoms with Crippen LogP contribution in [0, 0.1) is 36.5 Å². The quantitative estimate of drug-likeness (QED) is 0.0860. The van der Waals surface area contributed by atoms with E-state index in [4.69, 9.17) is 28.7 Å². The minimum atomic E-state index is -5.27. The minimum absolute atomic E-state index is 0.0381. The van der Waals surface area contributed by atoms with E-state index >= 15 is 14.4 Å². The molecule has 0 saturated carbocycles. The topological polar surface area (TPSA) is 367 Å². The van der Waals surface area contributed by atoms with Crippen molar-refractivity contribution in [3.05, 3.63) is 99.6 Å². The third kappa shape index (κ3) is 13.9. The van der Waals surface area contributed by atoms with Crippen LogP contribution in [0.15, 0.2) is 76.8 Å². The molecule has 9 atom stereocenters. The van der Waals surface area contributed by atoms with Gasteiger partial charge in [0.2, 0.25) is 11.7 Å². The summed E-state index contributed by atoms with van der Waals surface area (Å²) in [5.74, 6) is -9.63. The number of amides is 3. The van der Waals surface area contributed by atoms with E-state index in [1.54, 1.807) is 33.8 Å². The molecule has 25 nitrogen and oxygen atoms in total. The second-order valence-electron chi connectivity index (χ2n) is 23.2. The number of ether oxygens (including phenoxy) is 5. The number of allylic oxidation sites excluding steroid dienone is 4. The maximum atomic E-state index is 15.5. The average Bonchev–Trinajstić information content (AvgIpc) is 1.58. The van der Waals surface area contributed by atoms with Crippen molar-refractivity contribution < 1.29 is 96.5 Å². The van der Waals surface area contributed by atoms with Crippen molar-refractivity contribution in [3.63, 3.8) is 0 Å². The number of rotatable bonds is 12. The van der Waals surface area contributed by atoms with E-state index in [1.807, 2.05) is 0 Å². The van der Waals surface area contributed by atoms with Crippen molar-refractivity contribution in [1.29, 1.82) is 0 Å². The van der Waals surface area contributed by atoms with Gasteiger partial charge in [0, 0.05) is 106 Å². The molecule has 3 amide bonds. The van der Waals surface area contributed by atoms with Crippen LogP contribution in [0.2, 0.25) is 0 Å². The number of anilines is 1. The monoisotopic (exact) mass is 1230 g/mol. The van der Waals surface area contributed by atoms with Gasteiger partial charge in [-0.05, 0) is 50.0 Å². The molecule has 1 aliphatic carbocycles. The number of esters is 1. The minimum Gasteiger partial charge on any atom is -0.507 e. The molecule has 4 aliphatic heterocycles. The maximum absolute atomic E-state index is 15.5. The molecule has 4 heterocycles. The number of ketones is 2. The molecule has 9 N–H and O–H groups in total. The zero-order valence-electron chi connectivity index (χ0n) is 49.3. The summed E-state index contributed by atoms with van der Waals surface area (Å²) in [6.07, 6.45) is 0.786. The first-order chi connectivity index (χ1) is 39.7. The summed E-state index contributed by atoms with van der Waals surface area (Å²) in [6, 6.07) is 5.83. The van der Waals surface area contributed by atoms with Crippen LogP contribution in [0.5, 0.6) is 11.5 Å². The molecule has 464 valence electrons. The number of aliphatic hydroxyl groups is 2. The van der Waals surface area contributed by atoms with Crippen molar-refractivity contribution >= 4 is 62.0 Å². The van der Waals surface area contributed by atoms with Gasteiger partial charge in [0.15, 0.2) is 5.40 Å². The molecule has 85 heavy (non-hydrogen) atoms. The summed E-state index contributed by atoms with van der Waals surface area (Å²) < 4.78 is 53.7. The van der Waals surface area contributed by atoms with Crippen molar-refractivity contribution in [3.8, 4) is 11.5 Å². The first-order valence-electron chi connectivity index (χ1n) is 27.9. The lowest BCUT2D eigenvalue weighted by molar-refractivity contribution is -0.160. The van der Waals surface area contributed by atoms with Gasteiger partial charge in [0.1, 0.15) is 41.3 Å². The lowest BCUT2D eigenvalue weighted by atomic mass is 9.78.